The number of ether oxygens (including phenoxy) is 2. The number of ketones is 1. The summed E-state index contributed by atoms with van der Waals surface area (Å²) in [6, 6.07) is 10.6. The van der Waals surface area contributed by atoms with Crippen LogP contribution in [-0.2, 0) is 22.2 Å². The second kappa shape index (κ2) is 18.6. The van der Waals surface area contributed by atoms with Gasteiger partial charge in [-0.3, -0.25) is 4.79 Å². The van der Waals surface area contributed by atoms with Gasteiger partial charge in [0.2, 0.25) is 5.60 Å². The van der Waals surface area contributed by atoms with Gasteiger partial charge in [-0.1, -0.05) is 49.4 Å². The Bertz CT molecular complexity index is 1430. The average molecular weight is 698 g/mol. The number of carbonyl (C=O) groups excluding carboxylic acids is 1. The Morgan fingerprint density at radius 2 is 1.53 bits per heavy atom. The van der Waals surface area contributed by atoms with E-state index in [4.69, 9.17) is 9.47 Å². The van der Waals surface area contributed by atoms with Gasteiger partial charge in [0.1, 0.15) is 17.3 Å². The van der Waals surface area contributed by atoms with Gasteiger partial charge in [0.15, 0.2) is 0 Å². The van der Waals surface area contributed by atoms with Crippen LogP contribution in [0.15, 0.2) is 84.5 Å². The third-order valence-electron chi connectivity index (χ3n) is 8.16. The average Bonchev–Trinajstić information content (AvgIpc) is 3.01. The lowest BCUT2D eigenvalue weighted by Crippen LogP contribution is -2.43. The van der Waals surface area contributed by atoms with Gasteiger partial charge < -0.3 is 19.9 Å². The summed E-state index contributed by atoms with van der Waals surface area (Å²) in [5.41, 5.74) is -2.14. The van der Waals surface area contributed by atoms with Crippen LogP contribution >= 0.6 is 0 Å². The van der Waals surface area contributed by atoms with E-state index >= 15 is 0 Å². The number of rotatable bonds is 20. The second-order valence-electron chi connectivity index (χ2n) is 12.2. The summed E-state index contributed by atoms with van der Waals surface area (Å²) >= 11 is 0. The maximum absolute atomic E-state index is 13.0. The molecule has 0 aliphatic heterocycles. The highest BCUT2D eigenvalue weighted by Crippen LogP contribution is 2.32. The molecule has 0 aromatic heterocycles. The van der Waals surface area contributed by atoms with Crippen molar-refractivity contribution < 1.29 is 50.5 Å². The zero-order valence-corrected chi connectivity index (χ0v) is 28.2. The smallest absolute Gasteiger partial charge is 0.416 e. The first-order valence-electron chi connectivity index (χ1n) is 16.0. The highest BCUT2D eigenvalue weighted by molar-refractivity contribution is 5.78. The summed E-state index contributed by atoms with van der Waals surface area (Å²) in [7, 11) is 0. The molecule has 1 unspecified atom stereocenters. The van der Waals surface area contributed by atoms with Crippen molar-refractivity contribution >= 4 is 11.8 Å². The number of benzene rings is 2. The monoisotopic (exact) mass is 697 g/mol. The Morgan fingerprint density at radius 3 is 2.04 bits per heavy atom. The summed E-state index contributed by atoms with van der Waals surface area (Å²) in [6.07, 6.45) is -3.08. The highest BCUT2D eigenvalue weighted by Gasteiger charge is 2.37. The quantitative estimate of drug-likeness (QED) is 0.106. The minimum atomic E-state index is -4.53. The minimum absolute atomic E-state index is 0.0123. The SMILES string of the molecule is C=C/C(=C\C=C(/C)CNC[C@H](CCOc1ccc(C[C@](C)(Oc2ccc(C(F)(F)F)cc2)C(=O)O)cc1)CCC(CC)C(C)=O)C(F)(F)F. The molecule has 2 rings (SSSR count). The number of carbonyl (C=O) groups is 2. The van der Waals surface area contributed by atoms with Gasteiger partial charge in [-0.25, -0.2) is 4.79 Å². The molecular weight excluding hydrogens is 652 g/mol. The largest absolute Gasteiger partial charge is 0.494 e. The van der Waals surface area contributed by atoms with E-state index in [1.165, 1.54) is 13.0 Å². The number of Topliss-reactive ketones (excluding diaryl/α,β-unsaturated/α-hetero) is 1. The number of alkyl halides is 6. The molecule has 0 bridgehead atoms. The number of carboxylic acid groups (broad SMARTS) is 1. The number of allylic oxidation sites excluding steroid dienone is 4. The van der Waals surface area contributed by atoms with Gasteiger partial charge in [0.25, 0.3) is 0 Å². The Balaban J connectivity index is 2.01. The summed E-state index contributed by atoms with van der Waals surface area (Å²) in [5, 5.41) is 13.2. The molecule has 0 saturated heterocycles. The van der Waals surface area contributed by atoms with E-state index in [0.29, 0.717) is 49.4 Å². The van der Waals surface area contributed by atoms with Crippen LogP contribution < -0.4 is 14.8 Å². The van der Waals surface area contributed by atoms with E-state index in [2.05, 4.69) is 11.9 Å². The van der Waals surface area contributed by atoms with E-state index in [-0.39, 0.29) is 29.8 Å². The molecule has 6 nitrogen and oxygen atoms in total. The first-order valence-corrected chi connectivity index (χ1v) is 16.0. The van der Waals surface area contributed by atoms with Gasteiger partial charge in [0, 0.05) is 18.9 Å². The lowest BCUT2D eigenvalue weighted by atomic mass is 9.90. The van der Waals surface area contributed by atoms with E-state index in [0.717, 1.165) is 49.3 Å². The normalized spacial score (nSPS) is 15.2. The Hall–Kier alpha value is -4.06. The molecule has 49 heavy (non-hydrogen) atoms. The summed E-state index contributed by atoms with van der Waals surface area (Å²) in [6.45, 7) is 11.1. The zero-order chi connectivity index (χ0) is 36.8. The van der Waals surface area contributed by atoms with E-state index in [1.807, 2.05) is 6.92 Å². The Labute approximate surface area is 283 Å². The molecule has 270 valence electrons. The van der Waals surface area contributed by atoms with Crippen molar-refractivity contribution in [1.82, 2.24) is 5.32 Å². The highest BCUT2D eigenvalue weighted by atomic mass is 19.4. The van der Waals surface area contributed by atoms with Gasteiger partial charge >= 0.3 is 18.3 Å². The molecular formula is C37H45F6NO5. The lowest BCUT2D eigenvalue weighted by molar-refractivity contribution is -0.153. The van der Waals surface area contributed by atoms with Crippen molar-refractivity contribution in [3.05, 3.63) is 95.6 Å². The van der Waals surface area contributed by atoms with Crippen LogP contribution in [0.1, 0.15) is 64.5 Å². The van der Waals surface area contributed by atoms with Crippen LogP contribution in [0.25, 0.3) is 0 Å². The number of hydrogen-bond acceptors (Lipinski definition) is 5. The van der Waals surface area contributed by atoms with Gasteiger partial charge in [0.05, 0.1) is 17.7 Å². The standard InChI is InChI=1S/C37H45F6NO5/c1-6-29(26(4)45)12-9-28(24-44-23-25(3)8-13-30(7-2)36(38,39)40)20-21-48-32-16-10-27(11-17-32)22-35(5,34(46)47)49-33-18-14-31(15-19-33)37(41,42)43/h7-8,10-11,13-19,28-29,44H,2,6,9,12,20-24H2,1,3-5H3,(H,46,47)/b25-8+,30-13+/t28-,29?,35-/m0/s1. The zero-order valence-electron chi connectivity index (χ0n) is 28.2. The number of carboxylic acids is 1. The van der Waals surface area contributed by atoms with E-state index < -0.39 is 35.1 Å². The molecule has 0 spiro atoms. The molecule has 2 aromatic rings. The molecule has 0 radical (unpaired) electrons. The predicted octanol–water partition coefficient (Wildman–Crippen LogP) is 9.16. The first-order chi connectivity index (χ1) is 22.9. The van der Waals surface area contributed by atoms with Crippen molar-refractivity contribution in [2.24, 2.45) is 11.8 Å². The van der Waals surface area contributed by atoms with Crippen LogP contribution in [-0.4, -0.2) is 48.3 Å². The third kappa shape index (κ3) is 14.1. The van der Waals surface area contributed by atoms with Gasteiger partial charge in [-0.05, 0) is 101 Å². The van der Waals surface area contributed by atoms with E-state index in [9.17, 15) is 41.0 Å². The predicted molar refractivity (Wildman–Crippen MR) is 177 cm³/mol. The topological polar surface area (TPSA) is 84.9 Å². The number of nitrogens with one attached hydrogen (secondary N) is 1. The molecule has 0 saturated carbocycles. The second-order valence-corrected chi connectivity index (χ2v) is 12.2. The molecule has 2 N–H and O–H groups in total. The number of halogens is 6. The van der Waals surface area contributed by atoms with Crippen molar-refractivity contribution in [3.63, 3.8) is 0 Å². The minimum Gasteiger partial charge on any atom is -0.494 e. The van der Waals surface area contributed by atoms with Gasteiger partial charge in [-0.2, -0.15) is 26.3 Å². The summed E-state index contributed by atoms with van der Waals surface area (Å²) in [4.78, 5) is 24.1. The van der Waals surface area contributed by atoms with Crippen molar-refractivity contribution in [3.8, 4) is 11.5 Å². The van der Waals surface area contributed by atoms with Crippen LogP contribution in [0.5, 0.6) is 11.5 Å². The van der Waals surface area contributed by atoms with Crippen LogP contribution in [0.4, 0.5) is 26.3 Å². The maximum Gasteiger partial charge on any atom is 0.416 e. The fraction of sp³-hybridized carbons (Fsp3) is 0.459. The molecule has 2 aromatic carbocycles. The third-order valence-corrected chi connectivity index (χ3v) is 8.16. The summed E-state index contributed by atoms with van der Waals surface area (Å²) in [5.74, 6) is -0.563. The number of hydrogen-bond donors (Lipinski definition) is 2. The Kier molecular flexibility index (Phi) is 15.6. The molecule has 3 atom stereocenters. The first kappa shape index (κ1) is 41.1. The van der Waals surface area contributed by atoms with Crippen LogP contribution in [0.3, 0.4) is 0 Å². The molecule has 0 amide bonds. The Morgan fingerprint density at radius 1 is 0.918 bits per heavy atom. The fourth-order valence-electron chi connectivity index (χ4n) is 5.09. The van der Waals surface area contributed by atoms with Crippen LogP contribution in [0, 0.1) is 11.8 Å². The van der Waals surface area contributed by atoms with Crippen molar-refractivity contribution in [2.45, 2.75) is 77.8 Å². The number of aliphatic carboxylic acids is 1. The van der Waals surface area contributed by atoms with Crippen molar-refractivity contribution in [2.75, 3.05) is 19.7 Å². The van der Waals surface area contributed by atoms with Crippen molar-refractivity contribution in [1.29, 1.82) is 0 Å². The fourth-order valence-corrected chi connectivity index (χ4v) is 5.09. The molecule has 0 aliphatic rings. The molecule has 0 heterocycles. The summed E-state index contributed by atoms with van der Waals surface area (Å²) < 4.78 is 89.1. The maximum atomic E-state index is 13.0. The lowest BCUT2D eigenvalue weighted by Gasteiger charge is -2.27. The van der Waals surface area contributed by atoms with E-state index in [1.54, 1.807) is 38.1 Å². The molecule has 12 heteroatoms. The molecule has 0 aliphatic carbocycles. The molecule has 0 fully saturated rings. The van der Waals surface area contributed by atoms with Crippen LogP contribution in [0.2, 0.25) is 0 Å². The van der Waals surface area contributed by atoms with Gasteiger partial charge in [-0.15, -0.1) is 0 Å².